The molecule has 0 spiro atoms. The third kappa shape index (κ3) is 4.50. The van der Waals surface area contributed by atoms with Crippen molar-refractivity contribution in [2.45, 2.75) is 20.3 Å². The van der Waals surface area contributed by atoms with Crippen LogP contribution in [0.5, 0.6) is 0 Å². The summed E-state index contributed by atoms with van der Waals surface area (Å²) in [6.07, 6.45) is -0.00915. The quantitative estimate of drug-likeness (QED) is 0.357. The van der Waals surface area contributed by atoms with E-state index >= 15 is 0 Å². The lowest BCUT2D eigenvalue weighted by Crippen LogP contribution is -2.32. The second-order valence-corrected chi connectivity index (χ2v) is 9.53. The molecule has 174 valence electrons. The van der Waals surface area contributed by atoms with Gasteiger partial charge in [-0.2, -0.15) is 0 Å². The number of rotatable bonds is 6. The Balaban J connectivity index is 1.34. The molecule has 0 aliphatic carbocycles. The zero-order valence-electron chi connectivity index (χ0n) is 19.4. The summed E-state index contributed by atoms with van der Waals surface area (Å²) in [7, 11) is 0. The standard InChI is InChI=1S/C28H23N3O3S/c1-17-7-11-19(12-8-17)24-25(20-13-9-18(2)10-14-20)35-28(30-24)29-23(32)15-16-31-26(33)21-5-3-4-6-22(21)27(31)34/h3-14H,15-16H2,1-2H3,(H,29,30,32). The smallest absolute Gasteiger partial charge is 0.261 e. The maximum Gasteiger partial charge on any atom is 0.261 e. The third-order valence-electron chi connectivity index (χ3n) is 5.95. The lowest BCUT2D eigenvalue weighted by Gasteiger charge is -2.12. The fourth-order valence-electron chi connectivity index (χ4n) is 4.02. The molecule has 0 radical (unpaired) electrons. The first-order valence-corrected chi connectivity index (χ1v) is 12.1. The number of nitrogens with one attached hydrogen (secondary N) is 1. The van der Waals surface area contributed by atoms with E-state index in [0.29, 0.717) is 16.3 Å². The van der Waals surface area contributed by atoms with E-state index in [2.05, 4.69) is 17.4 Å². The Morgan fingerprint density at radius 3 is 1.94 bits per heavy atom. The highest BCUT2D eigenvalue weighted by Crippen LogP contribution is 2.39. The molecule has 0 saturated carbocycles. The number of carbonyl (C=O) groups excluding carboxylic acids is 3. The Morgan fingerprint density at radius 1 is 0.829 bits per heavy atom. The summed E-state index contributed by atoms with van der Waals surface area (Å²) < 4.78 is 0. The van der Waals surface area contributed by atoms with Gasteiger partial charge in [-0.3, -0.25) is 19.3 Å². The first kappa shape index (κ1) is 22.7. The predicted octanol–water partition coefficient (Wildman–Crippen LogP) is 5.72. The molecule has 0 saturated heterocycles. The Hall–Kier alpha value is -4.10. The molecular weight excluding hydrogens is 458 g/mol. The number of hydrogen-bond acceptors (Lipinski definition) is 5. The highest BCUT2D eigenvalue weighted by molar-refractivity contribution is 7.19. The van der Waals surface area contributed by atoms with E-state index in [-0.39, 0.29) is 30.7 Å². The molecule has 5 rings (SSSR count). The van der Waals surface area contributed by atoms with E-state index in [1.54, 1.807) is 24.3 Å². The number of nitrogens with zero attached hydrogens (tertiary/aromatic N) is 2. The molecule has 0 fully saturated rings. The molecule has 1 aromatic heterocycles. The van der Waals surface area contributed by atoms with Crippen molar-refractivity contribution in [3.05, 3.63) is 95.1 Å². The topological polar surface area (TPSA) is 79.4 Å². The molecule has 0 atom stereocenters. The summed E-state index contributed by atoms with van der Waals surface area (Å²) in [5, 5.41) is 3.33. The van der Waals surface area contributed by atoms with Crippen LogP contribution < -0.4 is 5.32 Å². The van der Waals surface area contributed by atoms with Gasteiger partial charge in [-0.25, -0.2) is 4.98 Å². The summed E-state index contributed by atoms with van der Waals surface area (Å²) in [4.78, 5) is 44.7. The predicted molar refractivity (Wildman–Crippen MR) is 138 cm³/mol. The largest absolute Gasteiger partial charge is 0.302 e. The minimum atomic E-state index is -0.365. The Bertz CT molecular complexity index is 1340. The van der Waals surface area contributed by atoms with Gasteiger partial charge >= 0.3 is 0 Å². The summed E-state index contributed by atoms with van der Waals surface area (Å²) >= 11 is 1.40. The van der Waals surface area contributed by atoms with Gasteiger partial charge in [0.2, 0.25) is 5.91 Å². The van der Waals surface area contributed by atoms with Crippen molar-refractivity contribution >= 4 is 34.2 Å². The van der Waals surface area contributed by atoms with Crippen molar-refractivity contribution in [3.63, 3.8) is 0 Å². The maximum atomic E-state index is 12.7. The maximum absolute atomic E-state index is 12.7. The minimum Gasteiger partial charge on any atom is -0.302 e. The number of benzene rings is 3. The molecule has 0 bridgehead atoms. The first-order chi connectivity index (χ1) is 16.9. The fraction of sp³-hybridized carbons (Fsp3) is 0.143. The number of anilines is 1. The van der Waals surface area contributed by atoms with Crippen LogP contribution in [0.2, 0.25) is 0 Å². The van der Waals surface area contributed by atoms with Gasteiger partial charge in [0.15, 0.2) is 5.13 Å². The monoisotopic (exact) mass is 481 g/mol. The van der Waals surface area contributed by atoms with Crippen molar-refractivity contribution in [2.24, 2.45) is 0 Å². The highest BCUT2D eigenvalue weighted by atomic mass is 32.1. The average Bonchev–Trinajstić information content (AvgIpc) is 3.38. The number of imide groups is 1. The molecule has 0 unspecified atom stereocenters. The summed E-state index contributed by atoms with van der Waals surface area (Å²) in [5.74, 6) is -1.03. The van der Waals surface area contributed by atoms with Crippen molar-refractivity contribution in [3.8, 4) is 21.7 Å². The van der Waals surface area contributed by atoms with Crippen molar-refractivity contribution < 1.29 is 14.4 Å². The van der Waals surface area contributed by atoms with Crippen molar-refractivity contribution in [1.82, 2.24) is 9.88 Å². The lowest BCUT2D eigenvalue weighted by molar-refractivity contribution is -0.116. The molecule has 1 aliphatic rings. The molecule has 6 nitrogen and oxygen atoms in total. The second kappa shape index (κ2) is 9.27. The number of thiazole rings is 1. The van der Waals surface area contributed by atoms with E-state index in [1.165, 1.54) is 11.3 Å². The molecular formula is C28H23N3O3S. The summed E-state index contributed by atoms with van der Waals surface area (Å²) in [6, 6.07) is 23.0. The van der Waals surface area contributed by atoms with Crippen LogP contribution in [0.1, 0.15) is 38.3 Å². The number of aromatic nitrogens is 1. The molecule has 1 N–H and O–H groups in total. The van der Waals surface area contributed by atoms with Crippen LogP contribution in [0.25, 0.3) is 21.7 Å². The van der Waals surface area contributed by atoms with Gasteiger partial charge in [0.05, 0.1) is 21.7 Å². The third-order valence-corrected chi connectivity index (χ3v) is 6.97. The fourth-order valence-corrected chi connectivity index (χ4v) is 5.03. The van der Waals surface area contributed by atoms with E-state index < -0.39 is 0 Å². The first-order valence-electron chi connectivity index (χ1n) is 11.3. The Labute approximate surface area is 207 Å². The van der Waals surface area contributed by atoms with Crippen molar-refractivity contribution in [1.29, 1.82) is 0 Å². The highest BCUT2D eigenvalue weighted by Gasteiger charge is 2.35. The van der Waals surface area contributed by atoms with Gasteiger partial charge in [-0.15, -0.1) is 0 Å². The SMILES string of the molecule is Cc1ccc(-c2nc(NC(=O)CCN3C(=O)c4ccccc4C3=O)sc2-c2ccc(C)cc2)cc1. The van der Waals surface area contributed by atoms with E-state index in [1.807, 2.05) is 50.2 Å². The number of fused-ring (bicyclic) bond motifs is 1. The van der Waals surface area contributed by atoms with Crippen LogP contribution in [0.3, 0.4) is 0 Å². The van der Waals surface area contributed by atoms with E-state index in [0.717, 1.165) is 37.7 Å². The van der Waals surface area contributed by atoms with Crippen LogP contribution >= 0.6 is 11.3 Å². The van der Waals surface area contributed by atoms with Gasteiger partial charge in [-0.05, 0) is 31.5 Å². The molecule has 1 aliphatic heterocycles. The molecule has 35 heavy (non-hydrogen) atoms. The average molecular weight is 482 g/mol. The van der Waals surface area contributed by atoms with Crippen LogP contribution in [0, 0.1) is 13.8 Å². The van der Waals surface area contributed by atoms with Gasteiger partial charge in [-0.1, -0.05) is 83.1 Å². The van der Waals surface area contributed by atoms with Gasteiger partial charge in [0.25, 0.3) is 11.8 Å². The molecule has 3 aromatic carbocycles. The molecule has 2 heterocycles. The Kier molecular flexibility index (Phi) is 6.01. The lowest BCUT2D eigenvalue weighted by atomic mass is 10.0. The second-order valence-electron chi connectivity index (χ2n) is 8.53. The molecule has 3 amide bonds. The van der Waals surface area contributed by atoms with Crippen LogP contribution in [-0.4, -0.2) is 34.2 Å². The number of carbonyl (C=O) groups is 3. The zero-order chi connectivity index (χ0) is 24.5. The minimum absolute atomic E-state index is 0.00915. The van der Waals surface area contributed by atoms with Gasteiger partial charge in [0.1, 0.15) is 0 Å². The number of hydrogen-bond donors (Lipinski definition) is 1. The molecule has 7 heteroatoms. The van der Waals surface area contributed by atoms with Crippen LogP contribution in [0.4, 0.5) is 5.13 Å². The van der Waals surface area contributed by atoms with Crippen molar-refractivity contribution in [2.75, 3.05) is 11.9 Å². The van der Waals surface area contributed by atoms with Crippen LogP contribution in [-0.2, 0) is 4.79 Å². The summed E-state index contributed by atoms with van der Waals surface area (Å²) in [5.41, 5.74) is 5.87. The van der Waals surface area contributed by atoms with Gasteiger partial charge < -0.3 is 5.32 Å². The Morgan fingerprint density at radius 2 is 1.37 bits per heavy atom. The number of amides is 3. The number of aryl methyl sites for hydroxylation is 2. The normalized spacial score (nSPS) is 12.7. The van der Waals surface area contributed by atoms with Gasteiger partial charge in [0, 0.05) is 18.5 Å². The zero-order valence-corrected chi connectivity index (χ0v) is 20.2. The molecule has 4 aromatic rings. The van der Waals surface area contributed by atoms with E-state index in [9.17, 15) is 14.4 Å². The van der Waals surface area contributed by atoms with Crippen LogP contribution in [0.15, 0.2) is 72.8 Å². The van der Waals surface area contributed by atoms with E-state index in [4.69, 9.17) is 4.98 Å². The summed E-state index contributed by atoms with van der Waals surface area (Å²) in [6.45, 7) is 4.09.